The average molecular weight is 577 g/mol. The van der Waals surface area contributed by atoms with Crippen LogP contribution in [0.1, 0.15) is 22.1 Å². The summed E-state index contributed by atoms with van der Waals surface area (Å²) in [6.07, 6.45) is -5.09. The molecular weight excluding hydrogens is 557 g/mol. The Morgan fingerprint density at radius 2 is 1.97 bits per heavy atom. The molecule has 192 valence electrons. The van der Waals surface area contributed by atoms with Gasteiger partial charge in [0.1, 0.15) is 6.10 Å². The number of amides is 1. The molecule has 0 bridgehead atoms. The van der Waals surface area contributed by atoms with Crippen LogP contribution in [-0.4, -0.2) is 68.7 Å². The predicted octanol–water partition coefficient (Wildman–Crippen LogP) is 1.05. The molecule has 3 atom stereocenters. The molecule has 5 rings (SSSR count). The molecule has 2 aromatic carbocycles. The van der Waals surface area contributed by atoms with Gasteiger partial charge in [-0.3, -0.25) is 0 Å². The molecule has 3 N–H and O–H groups in total. The zero-order chi connectivity index (χ0) is 26.5. The molecule has 1 saturated heterocycles. The quantitative estimate of drug-likeness (QED) is 0.302. The number of alkyl halides is 2. The van der Waals surface area contributed by atoms with E-state index in [0.717, 1.165) is 16.5 Å². The van der Waals surface area contributed by atoms with Crippen molar-refractivity contribution in [2.75, 3.05) is 11.9 Å². The molecule has 0 spiro atoms. The number of rotatable bonds is 5. The van der Waals surface area contributed by atoms with Crippen LogP contribution in [0.25, 0.3) is 15.3 Å². The minimum atomic E-state index is -3.85. The van der Waals surface area contributed by atoms with Crippen molar-refractivity contribution in [1.82, 2.24) is 13.1 Å². The molecule has 4 aromatic rings. The number of fused-ring (bicyclic) bond motifs is 1. The number of hydrogen-bond donors (Lipinski definition) is 3. The fraction of sp³-hybridized carbons (Fsp3) is 0.250. The number of carbonyl (C=O) groups excluding carboxylic acids is 1. The monoisotopic (exact) mass is 578 g/mol. The molecule has 3 unspecified atom stereocenters. The summed E-state index contributed by atoms with van der Waals surface area (Å²) in [7, 11) is 0. The summed E-state index contributed by atoms with van der Waals surface area (Å²) in [4.78, 5) is 42.0. The predicted molar refractivity (Wildman–Crippen MR) is 130 cm³/mol. The molecule has 3 heterocycles. The van der Waals surface area contributed by atoms with Gasteiger partial charge >= 0.3 is 176 Å². The van der Waals surface area contributed by atoms with Crippen molar-refractivity contribution in [1.29, 1.82) is 0 Å². The number of aliphatic hydroxyl groups excluding tert-OH is 2. The maximum absolute atomic E-state index is 14.4. The van der Waals surface area contributed by atoms with Crippen molar-refractivity contribution in [2.45, 2.75) is 31.3 Å². The van der Waals surface area contributed by atoms with E-state index in [0.29, 0.717) is 21.2 Å². The van der Waals surface area contributed by atoms with Gasteiger partial charge in [0.25, 0.3) is 0 Å². The number of benzene rings is 2. The standard InChI is InChI=1S/C24H20F2N4O6Se/c1-12-6-7-13(30-21(34)14-4-2-3-5-17(14)37-30)10-15(12)20(33)27-18-8-9-29(23(35)28-18)22-24(25,26)19(32)16(11-31)36-22/h2-10,16,19,22,31-32H,11H2,1H3,(H,27,28,33,35). The van der Waals surface area contributed by atoms with Crippen molar-refractivity contribution in [3.63, 3.8) is 0 Å². The van der Waals surface area contributed by atoms with E-state index in [1.54, 1.807) is 40.8 Å². The van der Waals surface area contributed by atoms with E-state index in [1.165, 1.54) is 0 Å². The van der Waals surface area contributed by atoms with Crippen molar-refractivity contribution in [3.8, 4) is 5.69 Å². The molecule has 0 aliphatic carbocycles. The van der Waals surface area contributed by atoms with Gasteiger partial charge in [-0.25, -0.2) is 0 Å². The summed E-state index contributed by atoms with van der Waals surface area (Å²) in [5, 5.41) is 21.9. The van der Waals surface area contributed by atoms with E-state index in [9.17, 15) is 28.3 Å². The van der Waals surface area contributed by atoms with Gasteiger partial charge in [0.15, 0.2) is 6.10 Å². The van der Waals surface area contributed by atoms with Gasteiger partial charge in [-0.05, 0) is 0 Å². The van der Waals surface area contributed by atoms with Crippen LogP contribution in [-0.2, 0) is 4.74 Å². The number of nitrogens with zero attached hydrogens (tertiary/aromatic N) is 3. The maximum atomic E-state index is 14.4. The van der Waals surface area contributed by atoms with Gasteiger partial charge in [0, 0.05) is 0 Å². The molecule has 1 fully saturated rings. The summed E-state index contributed by atoms with van der Waals surface area (Å²) < 4.78 is 36.8. The number of ether oxygens (including phenoxy) is 1. The zero-order valence-electron chi connectivity index (χ0n) is 19.2. The Hall–Kier alpha value is -3.48. The number of carbonyl (C=O) groups is 1. The molecule has 1 aliphatic rings. The van der Waals surface area contributed by atoms with Gasteiger partial charge < -0.3 is 10.2 Å². The summed E-state index contributed by atoms with van der Waals surface area (Å²) in [5.41, 5.74) is 0.0762. The Kier molecular flexibility index (Phi) is 6.42. The molecule has 10 nitrogen and oxygen atoms in total. The van der Waals surface area contributed by atoms with Gasteiger partial charge in [-0.15, -0.1) is 0 Å². The van der Waals surface area contributed by atoms with Crippen molar-refractivity contribution >= 4 is 36.1 Å². The number of anilines is 1. The zero-order valence-corrected chi connectivity index (χ0v) is 20.9. The van der Waals surface area contributed by atoms with Crippen LogP contribution in [0.15, 0.2) is 64.3 Å². The fourth-order valence-corrected chi connectivity index (χ4v) is 6.16. The van der Waals surface area contributed by atoms with Gasteiger partial charge in [-0.1, -0.05) is 0 Å². The van der Waals surface area contributed by atoms with Crippen LogP contribution in [0.5, 0.6) is 0 Å². The summed E-state index contributed by atoms with van der Waals surface area (Å²) >= 11 is -0.296. The van der Waals surface area contributed by atoms with Crippen LogP contribution < -0.4 is 16.6 Å². The third-order valence-electron chi connectivity index (χ3n) is 6.08. The van der Waals surface area contributed by atoms with E-state index in [-0.39, 0.29) is 31.7 Å². The van der Waals surface area contributed by atoms with Crippen LogP contribution >= 0.6 is 0 Å². The first-order chi connectivity index (χ1) is 17.6. The Morgan fingerprint density at radius 1 is 1.22 bits per heavy atom. The molecule has 13 heteroatoms. The Morgan fingerprint density at radius 3 is 2.65 bits per heavy atom. The number of aromatic nitrogens is 3. The van der Waals surface area contributed by atoms with E-state index >= 15 is 0 Å². The number of hydrogen-bond acceptors (Lipinski definition) is 7. The van der Waals surface area contributed by atoms with Crippen LogP contribution in [0.4, 0.5) is 14.6 Å². The first kappa shape index (κ1) is 25.2. The van der Waals surface area contributed by atoms with Gasteiger partial charge in [0.05, 0.1) is 6.61 Å². The normalized spacial score (nSPS) is 20.8. The van der Waals surface area contributed by atoms with Crippen LogP contribution in [0.3, 0.4) is 0 Å². The molecule has 0 saturated carbocycles. The molecule has 1 amide bonds. The summed E-state index contributed by atoms with van der Waals surface area (Å²) in [6, 6.07) is 13.4. The Bertz CT molecular complexity index is 1630. The topological polar surface area (TPSA) is 136 Å². The van der Waals surface area contributed by atoms with Crippen molar-refractivity contribution in [3.05, 3.63) is 86.7 Å². The molecule has 37 heavy (non-hydrogen) atoms. The second kappa shape index (κ2) is 9.43. The van der Waals surface area contributed by atoms with Crippen molar-refractivity contribution < 1.29 is 28.5 Å². The van der Waals surface area contributed by atoms with E-state index in [2.05, 4.69) is 10.3 Å². The first-order valence-electron chi connectivity index (χ1n) is 11.1. The number of halogens is 2. The number of aryl methyl sites for hydroxylation is 1. The Balaban J connectivity index is 1.41. The summed E-state index contributed by atoms with van der Waals surface area (Å²) in [6.45, 7) is 0.844. The second-order valence-electron chi connectivity index (χ2n) is 8.47. The minimum absolute atomic E-state index is 0.157. The van der Waals surface area contributed by atoms with E-state index < -0.39 is 42.6 Å². The molecule has 0 radical (unpaired) electrons. The number of nitrogens with one attached hydrogen (secondary N) is 1. The third kappa shape index (κ3) is 4.34. The average Bonchev–Trinajstić information content (AvgIpc) is 3.32. The third-order valence-corrected chi connectivity index (χ3v) is 8.41. The van der Waals surface area contributed by atoms with E-state index in [4.69, 9.17) is 9.84 Å². The van der Waals surface area contributed by atoms with Crippen LogP contribution in [0.2, 0.25) is 0 Å². The molecular formula is C24H20F2N4O6Se. The molecule has 1 aliphatic heterocycles. The Labute approximate surface area is 213 Å². The van der Waals surface area contributed by atoms with Crippen LogP contribution in [0, 0.1) is 6.92 Å². The number of aliphatic hydroxyl groups is 2. The molecule has 2 aromatic heterocycles. The first-order valence-corrected chi connectivity index (χ1v) is 12.7. The fourth-order valence-electron chi connectivity index (χ4n) is 4.09. The van der Waals surface area contributed by atoms with Crippen molar-refractivity contribution in [2.24, 2.45) is 0 Å². The SMILES string of the molecule is Cc1ccc(-n2[se]c3ccccc3c2=O)cc1C(=O)Nc1ccn(C2OC(CO)C(O)C2(F)F)c(=O)n1. The van der Waals surface area contributed by atoms with E-state index in [1.807, 2.05) is 12.1 Å². The van der Waals surface area contributed by atoms with Gasteiger partial charge in [0.2, 0.25) is 0 Å². The summed E-state index contributed by atoms with van der Waals surface area (Å²) in [5.74, 6) is -4.65. The second-order valence-corrected chi connectivity index (χ2v) is 10.5. The van der Waals surface area contributed by atoms with Gasteiger partial charge in [-0.2, -0.15) is 8.78 Å².